The molecule has 0 amide bonds. The van der Waals surface area contributed by atoms with Crippen molar-refractivity contribution >= 4 is 51.3 Å². The van der Waals surface area contributed by atoms with Gasteiger partial charge in [-0.1, -0.05) is 35.9 Å². The number of halogens is 1. The largest absolute Gasteiger partial charge is 0.436 e. The van der Waals surface area contributed by atoms with Crippen LogP contribution in [0.1, 0.15) is 5.56 Å². The van der Waals surface area contributed by atoms with Crippen LogP contribution in [-0.2, 0) is 10.8 Å². The number of aromatic nitrogens is 1. The predicted octanol–water partition coefficient (Wildman–Crippen LogP) is 5.19. The van der Waals surface area contributed by atoms with Gasteiger partial charge in [-0.2, -0.15) is 0 Å². The zero-order chi connectivity index (χ0) is 16.4. The summed E-state index contributed by atoms with van der Waals surface area (Å²) in [6.45, 7) is 0. The molecule has 23 heavy (non-hydrogen) atoms. The molecule has 3 nitrogen and oxygen atoms in total. The van der Waals surface area contributed by atoms with Gasteiger partial charge in [0.15, 0.2) is 5.58 Å². The van der Waals surface area contributed by atoms with Crippen molar-refractivity contribution < 1.29 is 8.63 Å². The highest BCUT2D eigenvalue weighted by molar-refractivity contribution is 8.16. The van der Waals surface area contributed by atoms with E-state index in [2.05, 4.69) is 4.98 Å². The Bertz CT molecular complexity index is 918. The monoisotopic (exact) mass is 363 g/mol. The average Bonchev–Trinajstić information content (AvgIpc) is 2.97. The number of oxazole rings is 1. The first-order valence-corrected chi connectivity index (χ1v) is 10.00. The van der Waals surface area contributed by atoms with Gasteiger partial charge in [-0.3, -0.25) is 4.21 Å². The van der Waals surface area contributed by atoms with Crippen LogP contribution in [0.5, 0.6) is 0 Å². The number of fused-ring (bicyclic) bond motifs is 1. The maximum atomic E-state index is 11.7. The molecule has 0 fully saturated rings. The van der Waals surface area contributed by atoms with Gasteiger partial charge >= 0.3 is 0 Å². The molecule has 1 heterocycles. The lowest BCUT2D eigenvalue weighted by molar-refractivity contribution is 0.620. The van der Waals surface area contributed by atoms with Gasteiger partial charge in [-0.15, -0.1) is 11.8 Å². The Kier molecular flexibility index (Phi) is 4.90. The summed E-state index contributed by atoms with van der Waals surface area (Å²) in [7, 11) is -1.04. The van der Waals surface area contributed by atoms with Crippen LogP contribution in [0.15, 0.2) is 51.1 Å². The van der Waals surface area contributed by atoms with Gasteiger partial charge in [0.1, 0.15) is 5.52 Å². The standard InChI is InChI=1S/C17H14ClNO2S2/c1-22-15(23(2)20)10-11-6-5-9-14-16(11)19-17(21-14)12-7-3-4-8-13(12)18/h3-10H,1-2H3. The number of rotatable bonds is 4. The fourth-order valence-electron chi connectivity index (χ4n) is 2.22. The van der Waals surface area contributed by atoms with Gasteiger partial charge in [-0.25, -0.2) is 4.98 Å². The van der Waals surface area contributed by atoms with E-state index in [0.29, 0.717) is 16.5 Å². The van der Waals surface area contributed by atoms with Gasteiger partial charge in [0.2, 0.25) is 5.89 Å². The molecule has 0 aliphatic rings. The molecule has 118 valence electrons. The lowest BCUT2D eigenvalue weighted by Gasteiger charge is -2.00. The quantitative estimate of drug-likeness (QED) is 0.639. The molecule has 0 spiro atoms. The summed E-state index contributed by atoms with van der Waals surface area (Å²) in [6.07, 6.45) is 5.47. The van der Waals surface area contributed by atoms with Crippen LogP contribution < -0.4 is 0 Å². The fourth-order valence-corrected chi connectivity index (χ4v) is 3.92. The van der Waals surface area contributed by atoms with Crippen molar-refractivity contribution in [3.8, 4) is 11.5 Å². The lowest BCUT2D eigenvalue weighted by atomic mass is 10.2. The van der Waals surface area contributed by atoms with Gasteiger partial charge in [-0.05, 0) is 30.5 Å². The molecule has 3 rings (SSSR count). The van der Waals surface area contributed by atoms with Gasteiger partial charge in [0.25, 0.3) is 0 Å². The van der Waals surface area contributed by atoms with Crippen molar-refractivity contribution in [3.63, 3.8) is 0 Å². The van der Waals surface area contributed by atoms with Crippen LogP contribution in [0.25, 0.3) is 28.6 Å². The molecule has 0 saturated heterocycles. The van der Waals surface area contributed by atoms with Gasteiger partial charge in [0, 0.05) is 11.8 Å². The van der Waals surface area contributed by atoms with Crippen molar-refractivity contribution in [3.05, 3.63) is 57.3 Å². The highest BCUT2D eigenvalue weighted by Gasteiger charge is 2.13. The van der Waals surface area contributed by atoms with E-state index in [1.54, 1.807) is 12.3 Å². The van der Waals surface area contributed by atoms with Gasteiger partial charge < -0.3 is 4.42 Å². The van der Waals surface area contributed by atoms with Crippen molar-refractivity contribution in [1.82, 2.24) is 4.98 Å². The minimum absolute atomic E-state index is 0.481. The SMILES string of the molecule is CSC(=Cc1cccc2oc(-c3ccccc3Cl)nc12)S(C)=O. The summed E-state index contributed by atoms with van der Waals surface area (Å²) >= 11 is 7.69. The normalized spacial score (nSPS) is 13.4. The third-order valence-corrected chi connectivity index (χ3v) is 6.05. The van der Waals surface area contributed by atoms with Crippen molar-refractivity contribution in [1.29, 1.82) is 0 Å². The molecule has 0 bridgehead atoms. The van der Waals surface area contributed by atoms with Crippen LogP contribution >= 0.6 is 23.4 Å². The first-order chi connectivity index (χ1) is 11.1. The van der Waals surface area contributed by atoms with Crippen molar-refractivity contribution in [2.75, 3.05) is 12.5 Å². The molecule has 0 aliphatic heterocycles. The second-order valence-corrected chi connectivity index (χ2v) is 7.68. The molecular formula is C17H14ClNO2S2. The van der Waals surface area contributed by atoms with E-state index in [9.17, 15) is 4.21 Å². The summed E-state index contributed by atoms with van der Waals surface area (Å²) in [4.78, 5) is 4.59. The Morgan fingerprint density at radius 1 is 1.26 bits per heavy atom. The number of hydrogen-bond acceptors (Lipinski definition) is 4. The molecule has 1 atom stereocenters. The van der Waals surface area contributed by atoms with E-state index in [0.717, 1.165) is 20.9 Å². The van der Waals surface area contributed by atoms with Crippen LogP contribution in [0.3, 0.4) is 0 Å². The Morgan fingerprint density at radius 2 is 2.04 bits per heavy atom. The minimum Gasteiger partial charge on any atom is -0.436 e. The highest BCUT2D eigenvalue weighted by Crippen LogP contribution is 2.32. The Balaban J connectivity index is 2.16. The molecule has 2 aromatic carbocycles. The summed E-state index contributed by atoms with van der Waals surface area (Å²) in [5.74, 6) is 0.481. The van der Waals surface area contributed by atoms with Crippen molar-refractivity contribution in [2.45, 2.75) is 0 Å². The fraction of sp³-hybridized carbons (Fsp3) is 0.118. The number of hydrogen-bond donors (Lipinski definition) is 0. The molecule has 0 aliphatic carbocycles. The van der Waals surface area contributed by atoms with E-state index in [1.165, 1.54) is 11.8 Å². The first kappa shape index (κ1) is 16.3. The Hall–Kier alpha value is -1.56. The first-order valence-electron chi connectivity index (χ1n) is 6.83. The topological polar surface area (TPSA) is 43.1 Å². The zero-order valence-corrected chi connectivity index (χ0v) is 15.0. The summed E-state index contributed by atoms with van der Waals surface area (Å²) in [5.41, 5.74) is 3.05. The number of nitrogens with zero attached hydrogens (tertiary/aromatic N) is 1. The Labute approximate surface area is 146 Å². The predicted molar refractivity (Wildman–Crippen MR) is 100 cm³/mol. The van der Waals surface area contributed by atoms with E-state index in [-0.39, 0.29) is 0 Å². The molecule has 6 heteroatoms. The third kappa shape index (κ3) is 3.37. The lowest BCUT2D eigenvalue weighted by Crippen LogP contribution is -1.87. The van der Waals surface area contributed by atoms with E-state index in [4.69, 9.17) is 16.0 Å². The second-order valence-electron chi connectivity index (χ2n) is 4.81. The molecular weight excluding hydrogens is 350 g/mol. The summed E-state index contributed by atoms with van der Waals surface area (Å²) in [6, 6.07) is 13.1. The minimum atomic E-state index is -1.04. The average molecular weight is 364 g/mol. The Morgan fingerprint density at radius 3 is 2.74 bits per heavy atom. The highest BCUT2D eigenvalue weighted by atomic mass is 35.5. The zero-order valence-electron chi connectivity index (χ0n) is 12.6. The molecule has 0 radical (unpaired) electrons. The summed E-state index contributed by atoms with van der Waals surface area (Å²) in [5, 5.41) is 0.593. The number of para-hydroxylation sites is 1. The molecule has 0 saturated carbocycles. The number of benzene rings is 2. The molecule has 3 aromatic rings. The number of thioether (sulfide) groups is 1. The maximum Gasteiger partial charge on any atom is 0.228 e. The second kappa shape index (κ2) is 6.91. The van der Waals surface area contributed by atoms with Crippen molar-refractivity contribution in [2.24, 2.45) is 0 Å². The molecule has 0 N–H and O–H groups in total. The maximum absolute atomic E-state index is 11.7. The molecule has 1 unspecified atom stereocenters. The van der Waals surface area contributed by atoms with Crippen LogP contribution in [0.2, 0.25) is 5.02 Å². The van der Waals surface area contributed by atoms with E-state index < -0.39 is 10.8 Å². The van der Waals surface area contributed by atoms with Crippen LogP contribution in [0.4, 0.5) is 0 Å². The third-order valence-electron chi connectivity index (χ3n) is 3.31. The van der Waals surface area contributed by atoms with Crippen LogP contribution in [0, 0.1) is 0 Å². The van der Waals surface area contributed by atoms with E-state index >= 15 is 0 Å². The van der Waals surface area contributed by atoms with Gasteiger partial charge in [0.05, 0.1) is 25.6 Å². The smallest absolute Gasteiger partial charge is 0.228 e. The molecule has 1 aromatic heterocycles. The summed E-state index contributed by atoms with van der Waals surface area (Å²) < 4.78 is 18.4. The van der Waals surface area contributed by atoms with E-state index in [1.807, 2.05) is 48.7 Å². The van der Waals surface area contributed by atoms with Crippen LogP contribution in [-0.4, -0.2) is 21.7 Å².